The lowest BCUT2D eigenvalue weighted by Gasteiger charge is -2.32. The predicted octanol–water partition coefficient (Wildman–Crippen LogP) is 1.31. The molecule has 0 radical (unpaired) electrons. The minimum absolute atomic E-state index is 0.261. The van der Waals surface area contributed by atoms with Crippen molar-refractivity contribution in [3.05, 3.63) is 18.3 Å². The zero-order valence-electron chi connectivity index (χ0n) is 15.3. The third-order valence-corrected chi connectivity index (χ3v) is 5.48. The Bertz CT molecular complexity index is 891. The molecule has 2 saturated heterocycles. The van der Waals surface area contributed by atoms with Crippen molar-refractivity contribution in [1.82, 2.24) is 15.5 Å². The van der Waals surface area contributed by atoms with Crippen LogP contribution in [0, 0.1) is 0 Å². The van der Waals surface area contributed by atoms with Gasteiger partial charge in [0.05, 0.1) is 28.6 Å². The van der Waals surface area contributed by atoms with Crippen LogP contribution in [0.25, 0.3) is 10.9 Å². The van der Waals surface area contributed by atoms with Crippen LogP contribution in [-0.2, 0) is 14.1 Å². The summed E-state index contributed by atoms with van der Waals surface area (Å²) in [6, 6.07) is 3.29. The first kappa shape index (κ1) is 17.1. The summed E-state index contributed by atoms with van der Waals surface area (Å²) in [5, 5.41) is 10.3. The van der Waals surface area contributed by atoms with Gasteiger partial charge in [-0.15, -0.1) is 0 Å². The average Bonchev–Trinajstić information content (AvgIpc) is 3.10. The van der Waals surface area contributed by atoms with Gasteiger partial charge in [0.25, 0.3) is 0 Å². The largest absolute Gasteiger partial charge is 0.497 e. The van der Waals surface area contributed by atoms with Crippen LogP contribution in [0.3, 0.4) is 0 Å². The number of H-pyrrole nitrogens is 1. The molecule has 0 unspecified atom stereocenters. The van der Waals surface area contributed by atoms with E-state index in [0.717, 1.165) is 16.4 Å². The van der Waals surface area contributed by atoms with E-state index < -0.39 is 24.4 Å². The molecule has 0 spiro atoms. The summed E-state index contributed by atoms with van der Waals surface area (Å²) >= 11 is 0. The minimum atomic E-state index is -0.534. The van der Waals surface area contributed by atoms with E-state index in [4.69, 9.17) is 9.31 Å². The summed E-state index contributed by atoms with van der Waals surface area (Å²) in [6.07, 6.45) is 1.94. The lowest BCUT2D eigenvalue weighted by molar-refractivity contribution is -0.120. The fraction of sp³-hybridized carbons (Fsp3) is 0.471. The fourth-order valence-electron chi connectivity index (χ4n) is 3.24. The van der Waals surface area contributed by atoms with E-state index in [9.17, 15) is 9.59 Å². The Morgan fingerprint density at radius 1 is 1.15 bits per heavy atom. The first-order valence-electron chi connectivity index (χ1n) is 8.62. The fourth-order valence-corrected chi connectivity index (χ4v) is 3.24. The molecule has 0 aliphatic carbocycles. The molecule has 8 nitrogen and oxygen atoms in total. The first-order valence-corrected chi connectivity index (χ1v) is 8.62. The summed E-state index contributed by atoms with van der Waals surface area (Å²) in [7, 11) is -0.534. The van der Waals surface area contributed by atoms with E-state index in [-0.39, 0.29) is 12.3 Å². The van der Waals surface area contributed by atoms with Gasteiger partial charge in [-0.3, -0.25) is 20.1 Å². The highest BCUT2D eigenvalue weighted by molar-refractivity contribution is 6.65. The second kappa shape index (κ2) is 5.55. The lowest BCUT2D eigenvalue weighted by atomic mass is 9.77. The van der Waals surface area contributed by atoms with Crippen LogP contribution >= 0.6 is 0 Å². The smallest absolute Gasteiger partial charge is 0.399 e. The second-order valence-electron chi connectivity index (χ2n) is 7.68. The molecule has 9 heteroatoms. The van der Waals surface area contributed by atoms with Crippen LogP contribution < -0.4 is 15.7 Å². The molecule has 2 aromatic rings. The average molecular weight is 356 g/mol. The highest BCUT2D eigenvalue weighted by atomic mass is 16.7. The van der Waals surface area contributed by atoms with Crippen LogP contribution in [0.1, 0.15) is 34.1 Å². The van der Waals surface area contributed by atoms with E-state index in [2.05, 4.69) is 15.5 Å². The molecule has 136 valence electrons. The molecule has 2 fully saturated rings. The maximum absolute atomic E-state index is 12.2. The number of imide groups is 1. The monoisotopic (exact) mass is 356 g/mol. The summed E-state index contributed by atoms with van der Waals surface area (Å²) in [4.78, 5) is 25.1. The van der Waals surface area contributed by atoms with Crippen molar-refractivity contribution in [2.24, 2.45) is 0 Å². The highest BCUT2D eigenvalue weighted by Crippen LogP contribution is 2.37. The molecule has 26 heavy (non-hydrogen) atoms. The van der Waals surface area contributed by atoms with Crippen molar-refractivity contribution in [2.75, 3.05) is 11.4 Å². The summed E-state index contributed by atoms with van der Waals surface area (Å²) < 4.78 is 12.3. The van der Waals surface area contributed by atoms with Gasteiger partial charge in [-0.2, -0.15) is 5.10 Å². The SMILES string of the molecule is CC1(C)OB(c2ccc(N3CCC(=O)NC3=O)c3cn[nH]c23)OC1(C)C. The van der Waals surface area contributed by atoms with Gasteiger partial charge < -0.3 is 9.31 Å². The summed E-state index contributed by atoms with van der Waals surface area (Å²) in [5.74, 6) is -0.261. The molecule has 0 saturated carbocycles. The normalized spacial score (nSPS) is 22.2. The molecular weight excluding hydrogens is 335 g/mol. The molecule has 2 N–H and O–H groups in total. The van der Waals surface area contributed by atoms with Gasteiger partial charge in [0.15, 0.2) is 0 Å². The molecule has 2 aliphatic rings. The molecule has 1 aromatic heterocycles. The molecule has 0 atom stereocenters. The van der Waals surface area contributed by atoms with E-state index in [1.54, 1.807) is 11.1 Å². The number of amides is 3. The number of carbonyl (C=O) groups is 2. The number of fused-ring (bicyclic) bond motifs is 1. The van der Waals surface area contributed by atoms with Gasteiger partial charge in [0, 0.05) is 23.8 Å². The van der Waals surface area contributed by atoms with Crippen LogP contribution in [0.2, 0.25) is 0 Å². The van der Waals surface area contributed by atoms with E-state index in [0.29, 0.717) is 12.2 Å². The number of carbonyl (C=O) groups excluding carboxylic acids is 2. The Hall–Kier alpha value is -2.39. The number of hydrogen-bond donors (Lipinski definition) is 2. The van der Waals surface area contributed by atoms with Gasteiger partial charge >= 0.3 is 13.1 Å². The summed E-state index contributed by atoms with van der Waals surface area (Å²) in [6.45, 7) is 8.34. The molecular formula is C17H21BN4O4. The Balaban J connectivity index is 1.74. The van der Waals surface area contributed by atoms with Crippen molar-refractivity contribution in [1.29, 1.82) is 0 Å². The number of urea groups is 1. The van der Waals surface area contributed by atoms with Crippen molar-refractivity contribution in [3.8, 4) is 0 Å². The molecule has 1 aromatic carbocycles. The Morgan fingerprint density at radius 2 is 1.85 bits per heavy atom. The third kappa shape index (κ3) is 2.50. The number of hydrogen-bond acceptors (Lipinski definition) is 5. The Morgan fingerprint density at radius 3 is 2.50 bits per heavy atom. The van der Waals surface area contributed by atoms with Crippen LogP contribution in [0.4, 0.5) is 10.5 Å². The number of anilines is 1. The lowest BCUT2D eigenvalue weighted by Crippen LogP contribution is -2.49. The van der Waals surface area contributed by atoms with E-state index >= 15 is 0 Å². The van der Waals surface area contributed by atoms with Gasteiger partial charge in [-0.25, -0.2) is 4.79 Å². The topological polar surface area (TPSA) is 96.5 Å². The second-order valence-corrected chi connectivity index (χ2v) is 7.68. The first-order chi connectivity index (χ1) is 12.2. The van der Waals surface area contributed by atoms with Crippen molar-refractivity contribution >= 4 is 41.1 Å². The number of nitrogens with one attached hydrogen (secondary N) is 2. The van der Waals surface area contributed by atoms with Crippen LogP contribution in [0.15, 0.2) is 18.3 Å². The van der Waals surface area contributed by atoms with Gasteiger partial charge in [0.2, 0.25) is 5.91 Å². The quantitative estimate of drug-likeness (QED) is 0.791. The van der Waals surface area contributed by atoms with Crippen molar-refractivity contribution < 1.29 is 18.9 Å². The van der Waals surface area contributed by atoms with Crippen LogP contribution in [-0.4, -0.2) is 47.0 Å². The van der Waals surface area contributed by atoms with E-state index in [1.807, 2.05) is 39.8 Å². The van der Waals surface area contributed by atoms with Gasteiger partial charge in [0.1, 0.15) is 0 Å². The Labute approximate surface area is 151 Å². The number of aromatic amines is 1. The zero-order chi connectivity index (χ0) is 18.7. The molecule has 4 rings (SSSR count). The molecule has 0 bridgehead atoms. The third-order valence-electron chi connectivity index (χ3n) is 5.48. The minimum Gasteiger partial charge on any atom is -0.399 e. The van der Waals surface area contributed by atoms with Gasteiger partial charge in [-0.05, 0) is 33.8 Å². The highest BCUT2D eigenvalue weighted by Gasteiger charge is 2.52. The van der Waals surface area contributed by atoms with Gasteiger partial charge in [-0.1, -0.05) is 6.07 Å². The van der Waals surface area contributed by atoms with Crippen molar-refractivity contribution in [3.63, 3.8) is 0 Å². The number of aromatic nitrogens is 2. The molecule has 3 heterocycles. The van der Waals surface area contributed by atoms with Crippen molar-refractivity contribution in [2.45, 2.75) is 45.3 Å². The predicted molar refractivity (Wildman–Crippen MR) is 97.3 cm³/mol. The van der Waals surface area contributed by atoms with Crippen LogP contribution in [0.5, 0.6) is 0 Å². The maximum Gasteiger partial charge on any atom is 0.497 e. The standard InChI is InChI=1S/C17H21BN4O4/c1-16(2)17(3,4)26-18(25-16)11-5-6-12(10-9-19-21-14(10)11)22-8-7-13(23)20-15(22)24/h5-6,9H,7-8H2,1-4H3,(H,19,21)(H,20,23,24). The molecule has 3 amide bonds. The number of benzene rings is 1. The number of rotatable bonds is 2. The van der Waals surface area contributed by atoms with E-state index in [1.165, 1.54) is 0 Å². The maximum atomic E-state index is 12.2. The zero-order valence-corrected chi connectivity index (χ0v) is 15.3. The molecule has 2 aliphatic heterocycles. The Kier molecular flexibility index (Phi) is 3.64. The number of nitrogens with zero attached hydrogens (tertiary/aromatic N) is 2. The summed E-state index contributed by atoms with van der Waals surface area (Å²) in [5.41, 5.74) is 1.38.